The molecule has 1 atom stereocenters. The summed E-state index contributed by atoms with van der Waals surface area (Å²) >= 11 is 0. The summed E-state index contributed by atoms with van der Waals surface area (Å²) in [6.07, 6.45) is 1.97. The van der Waals surface area contributed by atoms with Crippen LogP contribution in [0.3, 0.4) is 0 Å². The number of ether oxygens (including phenoxy) is 1. The van der Waals surface area contributed by atoms with Crippen LogP contribution in [0.2, 0.25) is 0 Å². The topological polar surface area (TPSA) is 64.3 Å². The lowest BCUT2D eigenvalue weighted by molar-refractivity contribution is 0.180. The number of urea groups is 1. The molecule has 1 N–H and O–H groups in total. The molecule has 7 nitrogen and oxygen atoms in total. The predicted octanol–water partition coefficient (Wildman–Crippen LogP) is 5.93. The van der Waals surface area contributed by atoms with Crippen LogP contribution in [0.15, 0.2) is 97.2 Å². The highest BCUT2D eigenvalue weighted by Gasteiger charge is 2.36. The fourth-order valence-electron chi connectivity index (χ4n) is 5.24. The summed E-state index contributed by atoms with van der Waals surface area (Å²) < 4.78 is 23.8. The molecule has 39 heavy (non-hydrogen) atoms. The van der Waals surface area contributed by atoms with Crippen LogP contribution in [-0.2, 0) is 13.1 Å². The van der Waals surface area contributed by atoms with Gasteiger partial charge in [0.1, 0.15) is 17.4 Å². The number of rotatable bonds is 5. The van der Waals surface area contributed by atoms with Gasteiger partial charge in [-0.05, 0) is 66.6 Å². The lowest BCUT2D eigenvalue weighted by Crippen LogP contribution is -2.41. The smallest absolute Gasteiger partial charge is 0.318 e. The van der Waals surface area contributed by atoms with Crippen LogP contribution in [0.5, 0.6) is 5.75 Å². The third-order valence-corrected chi connectivity index (χ3v) is 7.09. The maximum atomic E-state index is 14.5. The summed E-state index contributed by atoms with van der Waals surface area (Å²) in [5.41, 5.74) is 5.10. The van der Waals surface area contributed by atoms with E-state index >= 15 is 0 Å². The summed E-state index contributed by atoms with van der Waals surface area (Å²) in [5, 5.41) is 7.94. The number of nitrogens with zero attached hydrogens (tertiary/aromatic N) is 4. The first kappa shape index (κ1) is 24.5. The van der Waals surface area contributed by atoms with Crippen molar-refractivity contribution >= 4 is 6.03 Å². The van der Waals surface area contributed by atoms with E-state index in [0.29, 0.717) is 18.7 Å². The standard InChI is InChI=1S/C31H28FN5O2/c1-21-27-20-36(31(38)33-19-22-9-6-14-26(17-22)39-2)29(23-10-7-11-24(32)18-23)28-15-8-16-35(28)30(27)37(34-21)25-12-4-3-5-13-25/h3-18,29H,19-20H2,1-2H3,(H,33,38). The van der Waals surface area contributed by atoms with Crippen molar-refractivity contribution in [3.8, 4) is 17.3 Å². The van der Waals surface area contributed by atoms with Crippen molar-refractivity contribution < 1.29 is 13.9 Å². The molecule has 2 amide bonds. The number of hydrogen-bond acceptors (Lipinski definition) is 3. The first-order chi connectivity index (χ1) is 19.0. The van der Waals surface area contributed by atoms with E-state index in [4.69, 9.17) is 9.84 Å². The largest absolute Gasteiger partial charge is 0.497 e. The molecule has 3 heterocycles. The third-order valence-electron chi connectivity index (χ3n) is 7.09. The Morgan fingerprint density at radius 3 is 2.64 bits per heavy atom. The van der Waals surface area contributed by atoms with E-state index in [0.717, 1.165) is 39.8 Å². The van der Waals surface area contributed by atoms with Crippen LogP contribution in [0, 0.1) is 12.7 Å². The second-order valence-electron chi connectivity index (χ2n) is 9.53. The van der Waals surface area contributed by atoms with Crippen molar-refractivity contribution in [2.75, 3.05) is 7.11 Å². The van der Waals surface area contributed by atoms with E-state index < -0.39 is 6.04 Å². The number of nitrogens with one attached hydrogen (secondary N) is 1. The number of fused-ring (bicyclic) bond motifs is 3. The van der Waals surface area contributed by atoms with Gasteiger partial charge in [0.05, 0.1) is 36.8 Å². The van der Waals surface area contributed by atoms with E-state index in [1.54, 1.807) is 18.1 Å². The third kappa shape index (κ3) is 4.54. The Balaban J connectivity index is 1.46. The Kier molecular flexibility index (Phi) is 6.36. The zero-order valence-corrected chi connectivity index (χ0v) is 21.7. The Morgan fingerprint density at radius 1 is 1.03 bits per heavy atom. The fraction of sp³-hybridized carbons (Fsp3) is 0.161. The van der Waals surface area contributed by atoms with E-state index in [1.807, 2.05) is 90.6 Å². The highest BCUT2D eigenvalue weighted by atomic mass is 19.1. The maximum Gasteiger partial charge on any atom is 0.318 e. The summed E-state index contributed by atoms with van der Waals surface area (Å²) in [6, 6.07) is 27.1. The molecule has 1 aliphatic heterocycles. The summed E-state index contributed by atoms with van der Waals surface area (Å²) in [5.74, 6) is 1.24. The second-order valence-corrected chi connectivity index (χ2v) is 9.53. The Bertz CT molecular complexity index is 1640. The molecule has 1 unspecified atom stereocenters. The molecule has 0 fully saturated rings. The SMILES string of the molecule is COc1cccc(CNC(=O)N2Cc3c(C)nn(-c4ccccc4)c3-n3cccc3C2c2cccc(F)c2)c1. The number of carbonyl (C=O) groups excluding carboxylic acids is 1. The van der Waals surface area contributed by atoms with Gasteiger partial charge in [0.25, 0.3) is 0 Å². The van der Waals surface area contributed by atoms with Gasteiger partial charge < -0.3 is 19.5 Å². The molecule has 0 saturated heterocycles. The fourth-order valence-corrected chi connectivity index (χ4v) is 5.24. The molecule has 3 aromatic carbocycles. The zero-order valence-electron chi connectivity index (χ0n) is 21.7. The van der Waals surface area contributed by atoms with Crippen LogP contribution in [0.4, 0.5) is 9.18 Å². The Labute approximate surface area is 226 Å². The van der Waals surface area contributed by atoms with Gasteiger partial charge in [-0.25, -0.2) is 13.9 Å². The molecule has 5 aromatic rings. The summed E-state index contributed by atoms with van der Waals surface area (Å²) in [7, 11) is 1.61. The van der Waals surface area contributed by atoms with Crippen LogP contribution < -0.4 is 10.1 Å². The first-order valence-corrected chi connectivity index (χ1v) is 12.8. The van der Waals surface area contributed by atoms with E-state index in [-0.39, 0.29) is 11.8 Å². The lowest BCUT2D eigenvalue weighted by Gasteiger charge is -2.31. The number of methoxy groups -OCH3 is 1. The van der Waals surface area contributed by atoms with Crippen LogP contribution in [-0.4, -0.2) is 32.4 Å². The molecule has 2 aromatic heterocycles. The highest BCUT2D eigenvalue weighted by Crippen LogP contribution is 2.38. The first-order valence-electron chi connectivity index (χ1n) is 12.8. The molecule has 0 radical (unpaired) electrons. The van der Waals surface area contributed by atoms with Crippen LogP contribution >= 0.6 is 0 Å². The second kappa shape index (κ2) is 10.1. The van der Waals surface area contributed by atoms with Gasteiger partial charge in [-0.2, -0.15) is 5.10 Å². The van der Waals surface area contributed by atoms with Crippen molar-refractivity contribution in [1.82, 2.24) is 24.6 Å². The molecule has 6 rings (SSSR count). The van der Waals surface area contributed by atoms with Crippen LogP contribution in [0.1, 0.15) is 34.1 Å². The molecule has 0 saturated carbocycles. The normalized spacial score (nSPS) is 14.3. The molecule has 0 spiro atoms. The average molecular weight is 522 g/mol. The summed E-state index contributed by atoms with van der Waals surface area (Å²) in [6.45, 7) is 2.57. The molecule has 1 aliphatic rings. The molecule has 8 heteroatoms. The van der Waals surface area contributed by atoms with Crippen LogP contribution in [0.25, 0.3) is 11.5 Å². The minimum atomic E-state index is -0.531. The van der Waals surface area contributed by atoms with Gasteiger partial charge >= 0.3 is 6.03 Å². The number of aryl methyl sites for hydroxylation is 1. The quantitative estimate of drug-likeness (QED) is 0.312. The molecule has 196 valence electrons. The van der Waals surface area contributed by atoms with Crippen molar-refractivity contribution in [3.05, 3.63) is 131 Å². The molecular formula is C31H28FN5O2. The number of hydrogen-bond donors (Lipinski definition) is 1. The van der Waals surface area contributed by atoms with Crippen molar-refractivity contribution in [2.24, 2.45) is 0 Å². The number of halogens is 1. The molecule has 0 aliphatic carbocycles. The number of carbonyl (C=O) groups is 1. The van der Waals surface area contributed by atoms with Gasteiger partial charge in [-0.15, -0.1) is 0 Å². The van der Waals surface area contributed by atoms with E-state index in [2.05, 4.69) is 9.88 Å². The number of benzene rings is 3. The van der Waals surface area contributed by atoms with E-state index in [9.17, 15) is 9.18 Å². The number of para-hydroxylation sites is 1. The van der Waals surface area contributed by atoms with Gasteiger partial charge in [0.2, 0.25) is 0 Å². The lowest BCUT2D eigenvalue weighted by atomic mass is 10.0. The minimum Gasteiger partial charge on any atom is -0.497 e. The van der Waals surface area contributed by atoms with Crippen molar-refractivity contribution in [2.45, 2.75) is 26.1 Å². The van der Waals surface area contributed by atoms with Crippen molar-refractivity contribution in [1.29, 1.82) is 0 Å². The van der Waals surface area contributed by atoms with Crippen molar-refractivity contribution in [3.63, 3.8) is 0 Å². The zero-order chi connectivity index (χ0) is 26.9. The molecular weight excluding hydrogens is 493 g/mol. The Morgan fingerprint density at radius 2 is 1.85 bits per heavy atom. The minimum absolute atomic E-state index is 0.264. The van der Waals surface area contributed by atoms with Gasteiger partial charge in [-0.3, -0.25) is 0 Å². The number of amides is 2. The van der Waals surface area contributed by atoms with E-state index in [1.165, 1.54) is 12.1 Å². The Hall–Kier alpha value is -4.85. The maximum absolute atomic E-state index is 14.5. The molecule has 0 bridgehead atoms. The highest BCUT2D eigenvalue weighted by molar-refractivity contribution is 5.76. The van der Waals surface area contributed by atoms with Gasteiger partial charge in [0, 0.05) is 18.3 Å². The monoisotopic (exact) mass is 521 g/mol. The van der Waals surface area contributed by atoms with Gasteiger partial charge in [0.15, 0.2) is 0 Å². The predicted molar refractivity (Wildman–Crippen MR) is 147 cm³/mol. The average Bonchev–Trinajstić information content (AvgIpc) is 3.52. The summed E-state index contributed by atoms with van der Waals surface area (Å²) in [4.78, 5) is 15.7. The van der Waals surface area contributed by atoms with Gasteiger partial charge in [-0.1, -0.05) is 42.5 Å². The number of aromatic nitrogens is 3.